The first-order chi connectivity index (χ1) is 15.4. The second-order valence-corrected chi connectivity index (χ2v) is 10.1. The molecule has 1 atom stereocenters. The van der Waals surface area contributed by atoms with Gasteiger partial charge in [0.15, 0.2) is 0 Å². The Kier molecular flexibility index (Phi) is 8.38. The molecule has 0 aliphatic carbocycles. The van der Waals surface area contributed by atoms with E-state index < -0.39 is 10.0 Å². The molecule has 2 N–H and O–H groups in total. The van der Waals surface area contributed by atoms with Crippen LogP contribution in [0.25, 0.3) is 0 Å². The predicted octanol–water partition coefficient (Wildman–Crippen LogP) is 3.82. The normalized spacial score (nSPS) is 12.3. The lowest BCUT2D eigenvalue weighted by Crippen LogP contribution is -2.26. The Morgan fingerprint density at radius 3 is 2.44 bits per heavy atom. The second kappa shape index (κ2) is 11.2. The van der Waals surface area contributed by atoms with Gasteiger partial charge in [0.2, 0.25) is 15.9 Å². The third-order valence-electron chi connectivity index (χ3n) is 4.69. The van der Waals surface area contributed by atoms with Crippen LogP contribution in [0.1, 0.15) is 24.6 Å². The van der Waals surface area contributed by atoms with E-state index in [0.29, 0.717) is 25.1 Å². The highest BCUT2D eigenvalue weighted by Crippen LogP contribution is 2.25. The van der Waals surface area contributed by atoms with Gasteiger partial charge in [-0.05, 0) is 55.7 Å². The molecule has 1 amide bonds. The summed E-state index contributed by atoms with van der Waals surface area (Å²) in [5.41, 5.74) is 2.44. The number of carbonyl (C=O) groups is 1. The number of hydrogen-bond donors (Lipinski definition) is 2. The van der Waals surface area contributed by atoms with E-state index in [0.717, 1.165) is 16.3 Å². The molecule has 2 aromatic carbocycles. The summed E-state index contributed by atoms with van der Waals surface area (Å²) in [4.78, 5) is 21.1. The molecule has 7 nitrogen and oxygen atoms in total. The number of aryl methyl sites for hydroxylation is 1. The fourth-order valence-electron chi connectivity index (χ4n) is 2.96. The highest BCUT2D eigenvalue weighted by molar-refractivity contribution is 8.00. The molecule has 1 unspecified atom stereocenters. The first-order valence-corrected chi connectivity index (χ1v) is 12.6. The highest BCUT2D eigenvalue weighted by atomic mass is 32.2. The van der Waals surface area contributed by atoms with Crippen molar-refractivity contribution in [2.24, 2.45) is 0 Å². The molecule has 0 radical (unpaired) electrons. The number of amides is 1. The average molecular weight is 471 g/mol. The van der Waals surface area contributed by atoms with Crippen molar-refractivity contribution >= 4 is 33.4 Å². The van der Waals surface area contributed by atoms with Crippen LogP contribution in [-0.2, 0) is 21.2 Å². The number of thioether (sulfide) groups is 1. The van der Waals surface area contributed by atoms with Crippen LogP contribution in [0.2, 0.25) is 0 Å². The number of nitrogens with zero attached hydrogens (tertiary/aromatic N) is 2. The van der Waals surface area contributed by atoms with Crippen molar-refractivity contribution in [2.75, 3.05) is 11.9 Å². The Morgan fingerprint density at radius 1 is 1.06 bits per heavy atom. The molecule has 0 aliphatic rings. The number of aromatic nitrogens is 2. The van der Waals surface area contributed by atoms with Crippen LogP contribution in [0.15, 0.2) is 76.9 Å². The highest BCUT2D eigenvalue weighted by Gasteiger charge is 2.19. The summed E-state index contributed by atoms with van der Waals surface area (Å²) in [5, 5.41) is 3.26. The molecule has 0 saturated heterocycles. The standard InChI is InChI=1S/C23H26N4O3S2/c1-3-21(31-22-15-17(2)24-16-25-22)23(28)27-19-9-11-20(12-10-19)32(29,30)26-14-13-18-7-5-4-6-8-18/h4-12,15-16,21,26H,3,13-14H2,1-2H3,(H,27,28). The van der Waals surface area contributed by atoms with Gasteiger partial charge in [0.25, 0.3) is 0 Å². The maximum Gasteiger partial charge on any atom is 0.240 e. The Bertz CT molecular complexity index is 1140. The SMILES string of the molecule is CCC(Sc1cc(C)ncn1)C(=O)Nc1ccc(S(=O)(=O)NCCc2ccccc2)cc1. The van der Waals surface area contributed by atoms with E-state index in [1.807, 2.05) is 50.2 Å². The van der Waals surface area contributed by atoms with Crippen molar-refractivity contribution in [3.63, 3.8) is 0 Å². The van der Waals surface area contributed by atoms with Gasteiger partial charge in [0.05, 0.1) is 10.1 Å². The maximum atomic E-state index is 12.7. The molecule has 0 aliphatic heterocycles. The van der Waals surface area contributed by atoms with E-state index in [4.69, 9.17) is 0 Å². The maximum absolute atomic E-state index is 12.7. The minimum atomic E-state index is -3.62. The summed E-state index contributed by atoms with van der Waals surface area (Å²) >= 11 is 1.38. The molecule has 3 aromatic rings. The minimum absolute atomic E-state index is 0.154. The summed E-state index contributed by atoms with van der Waals surface area (Å²) in [6.07, 6.45) is 2.71. The first-order valence-electron chi connectivity index (χ1n) is 10.3. The molecule has 1 heterocycles. The fourth-order valence-corrected chi connectivity index (χ4v) is 4.96. The number of anilines is 1. The van der Waals surface area contributed by atoms with E-state index in [1.54, 1.807) is 12.1 Å². The summed E-state index contributed by atoms with van der Waals surface area (Å²) in [6, 6.07) is 17.7. The van der Waals surface area contributed by atoms with Gasteiger partial charge < -0.3 is 5.32 Å². The zero-order valence-corrected chi connectivity index (χ0v) is 19.6. The molecule has 0 saturated carbocycles. The van der Waals surface area contributed by atoms with Gasteiger partial charge in [-0.3, -0.25) is 4.79 Å². The number of rotatable bonds is 10. The Balaban J connectivity index is 1.57. The van der Waals surface area contributed by atoms with E-state index in [2.05, 4.69) is 20.0 Å². The van der Waals surface area contributed by atoms with Crippen LogP contribution >= 0.6 is 11.8 Å². The molecular formula is C23H26N4O3S2. The van der Waals surface area contributed by atoms with Gasteiger partial charge in [0.1, 0.15) is 11.4 Å². The van der Waals surface area contributed by atoms with Crippen LogP contribution in [0.4, 0.5) is 5.69 Å². The van der Waals surface area contributed by atoms with Gasteiger partial charge in [-0.25, -0.2) is 23.1 Å². The van der Waals surface area contributed by atoms with Crippen LogP contribution in [0, 0.1) is 6.92 Å². The predicted molar refractivity (Wildman–Crippen MR) is 127 cm³/mol. The Hall–Kier alpha value is -2.75. The lowest BCUT2D eigenvalue weighted by atomic mass is 10.2. The molecule has 0 fully saturated rings. The minimum Gasteiger partial charge on any atom is -0.325 e. The number of sulfonamides is 1. The molecule has 168 valence electrons. The smallest absolute Gasteiger partial charge is 0.240 e. The van der Waals surface area contributed by atoms with Crippen LogP contribution in [0.5, 0.6) is 0 Å². The van der Waals surface area contributed by atoms with E-state index in [-0.39, 0.29) is 16.1 Å². The molecular weight excluding hydrogens is 444 g/mol. The summed E-state index contributed by atoms with van der Waals surface area (Å²) in [6.45, 7) is 4.11. The molecule has 0 bridgehead atoms. The van der Waals surface area contributed by atoms with Gasteiger partial charge in [-0.2, -0.15) is 0 Å². The van der Waals surface area contributed by atoms with Crippen molar-refractivity contribution in [1.82, 2.24) is 14.7 Å². The second-order valence-electron chi connectivity index (χ2n) is 7.16. The largest absolute Gasteiger partial charge is 0.325 e. The molecule has 3 rings (SSSR count). The molecule has 1 aromatic heterocycles. The fraction of sp³-hybridized carbons (Fsp3) is 0.261. The van der Waals surface area contributed by atoms with Crippen LogP contribution < -0.4 is 10.0 Å². The quantitative estimate of drug-likeness (QED) is 0.345. The van der Waals surface area contributed by atoms with E-state index in [9.17, 15) is 13.2 Å². The number of benzene rings is 2. The van der Waals surface area contributed by atoms with E-state index in [1.165, 1.54) is 30.2 Å². The lowest BCUT2D eigenvalue weighted by molar-refractivity contribution is -0.115. The van der Waals surface area contributed by atoms with Crippen molar-refractivity contribution in [3.8, 4) is 0 Å². The summed E-state index contributed by atoms with van der Waals surface area (Å²) < 4.78 is 27.7. The van der Waals surface area contributed by atoms with Gasteiger partial charge in [-0.15, -0.1) is 0 Å². The Labute approximate surface area is 193 Å². The van der Waals surface area contributed by atoms with Crippen LogP contribution in [0.3, 0.4) is 0 Å². The molecule has 9 heteroatoms. The summed E-state index contributed by atoms with van der Waals surface area (Å²) in [5.74, 6) is -0.162. The lowest BCUT2D eigenvalue weighted by Gasteiger charge is -2.14. The van der Waals surface area contributed by atoms with Gasteiger partial charge in [-0.1, -0.05) is 49.0 Å². The van der Waals surface area contributed by atoms with Crippen molar-refractivity contribution in [3.05, 3.63) is 78.2 Å². The van der Waals surface area contributed by atoms with Gasteiger partial charge >= 0.3 is 0 Å². The van der Waals surface area contributed by atoms with E-state index >= 15 is 0 Å². The van der Waals surface area contributed by atoms with Gasteiger partial charge in [0, 0.05) is 17.9 Å². The third-order valence-corrected chi connectivity index (χ3v) is 7.46. The monoisotopic (exact) mass is 470 g/mol. The van der Waals surface area contributed by atoms with Crippen molar-refractivity contribution in [2.45, 2.75) is 41.9 Å². The third kappa shape index (κ3) is 6.88. The number of nitrogens with one attached hydrogen (secondary N) is 2. The topological polar surface area (TPSA) is 101 Å². The number of carbonyl (C=O) groups excluding carboxylic acids is 1. The molecule has 32 heavy (non-hydrogen) atoms. The average Bonchev–Trinajstić information content (AvgIpc) is 2.78. The zero-order chi connectivity index (χ0) is 23.0. The first kappa shape index (κ1) is 23.9. The van der Waals surface area contributed by atoms with Crippen molar-refractivity contribution in [1.29, 1.82) is 0 Å². The van der Waals surface area contributed by atoms with Crippen molar-refractivity contribution < 1.29 is 13.2 Å². The zero-order valence-electron chi connectivity index (χ0n) is 18.0. The van der Waals surface area contributed by atoms with Crippen LogP contribution in [-0.4, -0.2) is 36.1 Å². The Morgan fingerprint density at radius 2 is 1.78 bits per heavy atom. The molecule has 0 spiro atoms. The number of hydrogen-bond acceptors (Lipinski definition) is 6. The summed E-state index contributed by atoms with van der Waals surface area (Å²) in [7, 11) is -3.62.